The van der Waals surface area contributed by atoms with Gasteiger partial charge in [-0.05, 0) is 48.8 Å². The molecule has 1 fully saturated rings. The molecule has 1 heterocycles. The Labute approximate surface area is 128 Å². The molecule has 4 nitrogen and oxygen atoms in total. The standard InChI is InChI=1S/C16H26N2O2S/c1-13-11-14(12-17)5-6-15(13)21(19,20)18-9-4-7-16(2,3)8-10-18/h5-6,11H,4,7-10,12,17H2,1-3H3. The van der Waals surface area contributed by atoms with Crippen molar-refractivity contribution in [2.75, 3.05) is 13.1 Å². The molecule has 0 bridgehead atoms. The summed E-state index contributed by atoms with van der Waals surface area (Å²) in [5.74, 6) is 0. The minimum Gasteiger partial charge on any atom is -0.326 e. The predicted octanol–water partition coefficient (Wildman–Crippen LogP) is 2.65. The monoisotopic (exact) mass is 310 g/mol. The number of aryl methyl sites for hydroxylation is 1. The van der Waals surface area contributed by atoms with E-state index in [1.54, 1.807) is 10.4 Å². The zero-order valence-electron chi connectivity index (χ0n) is 13.2. The van der Waals surface area contributed by atoms with Crippen molar-refractivity contribution in [2.24, 2.45) is 11.1 Å². The average Bonchev–Trinajstić information content (AvgIpc) is 2.59. The summed E-state index contributed by atoms with van der Waals surface area (Å²) in [6.45, 7) is 7.92. The Kier molecular flexibility index (Phi) is 4.76. The first kappa shape index (κ1) is 16.5. The Morgan fingerprint density at radius 1 is 1.24 bits per heavy atom. The Hall–Kier alpha value is -0.910. The van der Waals surface area contributed by atoms with Gasteiger partial charge in [0.1, 0.15) is 0 Å². The van der Waals surface area contributed by atoms with Crippen LogP contribution in [0.1, 0.15) is 44.2 Å². The lowest BCUT2D eigenvalue weighted by atomic mass is 9.85. The summed E-state index contributed by atoms with van der Waals surface area (Å²) >= 11 is 0. The predicted molar refractivity (Wildman–Crippen MR) is 85.5 cm³/mol. The minimum atomic E-state index is -3.40. The first-order valence-corrected chi connectivity index (χ1v) is 9.00. The summed E-state index contributed by atoms with van der Waals surface area (Å²) in [5.41, 5.74) is 7.58. The van der Waals surface area contributed by atoms with Crippen LogP contribution in [0.3, 0.4) is 0 Å². The van der Waals surface area contributed by atoms with E-state index in [9.17, 15) is 8.42 Å². The van der Waals surface area contributed by atoms with Gasteiger partial charge in [-0.15, -0.1) is 0 Å². The van der Waals surface area contributed by atoms with Crippen molar-refractivity contribution in [3.8, 4) is 0 Å². The first-order chi connectivity index (χ1) is 9.76. The van der Waals surface area contributed by atoms with Gasteiger partial charge < -0.3 is 5.73 Å². The van der Waals surface area contributed by atoms with Crippen LogP contribution in [-0.4, -0.2) is 25.8 Å². The lowest BCUT2D eigenvalue weighted by Gasteiger charge is -2.23. The van der Waals surface area contributed by atoms with E-state index in [1.807, 2.05) is 19.1 Å². The van der Waals surface area contributed by atoms with Gasteiger partial charge in [-0.2, -0.15) is 4.31 Å². The van der Waals surface area contributed by atoms with Gasteiger partial charge in [0, 0.05) is 19.6 Å². The van der Waals surface area contributed by atoms with E-state index in [0.717, 1.165) is 30.4 Å². The molecular weight excluding hydrogens is 284 g/mol. The van der Waals surface area contributed by atoms with Gasteiger partial charge in [0.15, 0.2) is 0 Å². The fraction of sp³-hybridized carbons (Fsp3) is 0.625. The lowest BCUT2D eigenvalue weighted by Crippen LogP contribution is -2.33. The maximum absolute atomic E-state index is 12.9. The fourth-order valence-electron chi connectivity index (χ4n) is 2.91. The molecule has 0 atom stereocenters. The molecule has 0 aromatic heterocycles. The third kappa shape index (κ3) is 3.65. The molecular formula is C16H26N2O2S. The van der Waals surface area contributed by atoms with Crippen LogP contribution in [0.15, 0.2) is 23.1 Å². The molecule has 1 saturated heterocycles. The summed E-state index contributed by atoms with van der Waals surface area (Å²) in [7, 11) is -3.40. The highest BCUT2D eigenvalue weighted by molar-refractivity contribution is 7.89. The Morgan fingerprint density at radius 2 is 1.95 bits per heavy atom. The van der Waals surface area contributed by atoms with Gasteiger partial charge in [0.2, 0.25) is 10.0 Å². The first-order valence-electron chi connectivity index (χ1n) is 7.56. The van der Waals surface area contributed by atoms with E-state index in [4.69, 9.17) is 5.73 Å². The van der Waals surface area contributed by atoms with E-state index < -0.39 is 10.0 Å². The molecule has 2 rings (SSSR count). The van der Waals surface area contributed by atoms with Crippen LogP contribution in [0.5, 0.6) is 0 Å². The van der Waals surface area contributed by atoms with Gasteiger partial charge in [0.25, 0.3) is 0 Å². The van der Waals surface area contributed by atoms with Crippen LogP contribution in [0, 0.1) is 12.3 Å². The van der Waals surface area contributed by atoms with Gasteiger partial charge in [-0.25, -0.2) is 8.42 Å². The lowest BCUT2D eigenvalue weighted by molar-refractivity contribution is 0.315. The second-order valence-electron chi connectivity index (χ2n) is 6.73. The highest BCUT2D eigenvalue weighted by Crippen LogP contribution is 2.32. The third-order valence-electron chi connectivity index (χ3n) is 4.39. The number of nitrogens with two attached hydrogens (primary N) is 1. The van der Waals surface area contributed by atoms with Crippen molar-refractivity contribution in [1.29, 1.82) is 0 Å². The average molecular weight is 310 g/mol. The molecule has 0 amide bonds. The van der Waals surface area contributed by atoms with Crippen LogP contribution in [0.25, 0.3) is 0 Å². The third-order valence-corrected chi connectivity index (χ3v) is 6.45. The maximum atomic E-state index is 12.9. The normalized spacial score (nSPS) is 20.2. The molecule has 0 aliphatic carbocycles. The minimum absolute atomic E-state index is 0.225. The second kappa shape index (κ2) is 6.07. The van der Waals surface area contributed by atoms with Gasteiger partial charge in [-0.3, -0.25) is 0 Å². The van der Waals surface area contributed by atoms with Crippen molar-refractivity contribution in [3.05, 3.63) is 29.3 Å². The summed E-state index contributed by atoms with van der Waals surface area (Å²) in [6.07, 6.45) is 2.91. The highest BCUT2D eigenvalue weighted by atomic mass is 32.2. The Balaban J connectivity index is 2.29. The number of hydrogen-bond acceptors (Lipinski definition) is 3. The quantitative estimate of drug-likeness (QED) is 0.933. The number of sulfonamides is 1. The van der Waals surface area contributed by atoms with E-state index in [1.165, 1.54) is 0 Å². The van der Waals surface area contributed by atoms with Gasteiger partial charge in [-0.1, -0.05) is 26.0 Å². The molecule has 0 spiro atoms. The summed E-state index contributed by atoms with van der Waals surface area (Å²) in [5, 5.41) is 0. The van der Waals surface area contributed by atoms with Crippen molar-refractivity contribution in [2.45, 2.75) is 51.5 Å². The van der Waals surface area contributed by atoms with E-state index >= 15 is 0 Å². The number of hydrogen-bond donors (Lipinski definition) is 1. The summed E-state index contributed by atoms with van der Waals surface area (Å²) in [4.78, 5) is 0.416. The number of benzene rings is 1. The van der Waals surface area contributed by atoms with Crippen molar-refractivity contribution < 1.29 is 8.42 Å². The summed E-state index contributed by atoms with van der Waals surface area (Å²) < 4.78 is 27.4. The van der Waals surface area contributed by atoms with E-state index in [0.29, 0.717) is 24.5 Å². The fourth-order valence-corrected chi connectivity index (χ4v) is 4.59. The second-order valence-corrected chi connectivity index (χ2v) is 8.63. The number of rotatable bonds is 3. The molecule has 1 aromatic rings. The zero-order chi connectivity index (χ0) is 15.7. The zero-order valence-corrected chi connectivity index (χ0v) is 14.0. The molecule has 2 N–H and O–H groups in total. The van der Waals surface area contributed by atoms with Crippen molar-refractivity contribution in [1.82, 2.24) is 4.31 Å². The van der Waals surface area contributed by atoms with Crippen molar-refractivity contribution >= 4 is 10.0 Å². The topological polar surface area (TPSA) is 63.4 Å². The SMILES string of the molecule is Cc1cc(CN)ccc1S(=O)(=O)N1CCCC(C)(C)CC1. The number of nitrogens with zero attached hydrogens (tertiary/aromatic N) is 1. The van der Waals surface area contributed by atoms with E-state index in [2.05, 4.69) is 13.8 Å². The molecule has 118 valence electrons. The largest absolute Gasteiger partial charge is 0.326 e. The molecule has 21 heavy (non-hydrogen) atoms. The molecule has 1 aliphatic rings. The van der Waals surface area contributed by atoms with Crippen LogP contribution < -0.4 is 5.73 Å². The maximum Gasteiger partial charge on any atom is 0.243 e. The highest BCUT2D eigenvalue weighted by Gasteiger charge is 2.31. The van der Waals surface area contributed by atoms with Crippen LogP contribution in [0.4, 0.5) is 0 Å². The summed E-state index contributed by atoms with van der Waals surface area (Å²) in [6, 6.07) is 5.37. The molecule has 0 radical (unpaired) electrons. The Morgan fingerprint density at radius 3 is 2.57 bits per heavy atom. The molecule has 5 heteroatoms. The van der Waals surface area contributed by atoms with Gasteiger partial charge in [0.05, 0.1) is 4.90 Å². The molecule has 1 aromatic carbocycles. The molecule has 1 aliphatic heterocycles. The Bertz CT molecular complexity index is 609. The van der Waals surface area contributed by atoms with Crippen LogP contribution in [0.2, 0.25) is 0 Å². The van der Waals surface area contributed by atoms with Crippen LogP contribution >= 0.6 is 0 Å². The van der Waals surface area contributed by atoms with Crippen molar-refractivity contribution in [3.63, 3.8) is 0 Å². The smallest absolute Gasteiger partial charge is 0.243 e. The molecule has 0 unspecified atom stereocenters. The van der Waals surface area contributed by atoms with Gasteiger partial charge >= 0.3 is 0 Å². The van der Waals surface area contributed by atoms with E-state index in [-0.39, 0.29) is 5.41 Å². The van der Waals surface area contributed by atoms with Crippen LogP contribution in [-0.2, 0) is 16.6 Å². The molecule has 0 saturated carbocycles.